The lowest BCUT2D eigenvalue weighted by Crippen LogP contribution is -2.55. The highest BCUT2D eigenvalue weighted by Crippen LogP contribution is 2.30. The van der Waals surface area contributed by atoms with Gasteiger partial charge in [0, 0.05) is 55.9 Å². The Balaban J connectivity index is 1.08. The summed E-state index contributed by atoms with van der Waals surface area (Å²) < 4.78 is 5.47. The lowest BCUT2D eigenvalue weighted by Gasteiger charge is -2.39. The number of anilines is 1. The van der Waals surface area contributed by atoms with Gasteiger partial charge in [-0.1, -0.05) is 12.1 Å². The van der Waals surface area contributed by atoms with E-state index in [9.17, 15) is 4.79 Å². The van der Waals surface area contributed by atoms with Crippen molar-refractivity contribution in [1.82, 2.24) is 30.2 Å². The fourth-order valence-electron chi connectivity index (χ4n) is 4.63. The van der Waals surface area contributed by atoms with Gasteiger partial charge in [0.15, 0.2) is 0 Å². The van der Waals surface area contributed by atoms with Crippen molar-refractivity contribution in [3.8, 4) is 22.6 Å². The molecule has 0 unspecified atom stereocenters. The molecule has 9 nitrogen and oxygen atoms in total. The van der Waals surface area contributed by atoms with Crippen LogP contribution in [0, 0.1) is 12.8 Å². The number of pyridine rings is 2. The normalized spacial score (nSPS) is 16.5. The molecule has 4 aromatic rings. The summed E-state index contributed by atoms with van der Waals surface area (Å²) >= 11 is 0. The Labute approximate surface area is 209 Å². The van der Waals surface area contributed by atoms with Gasteiger partial charge in [0.25, 0.3) is 0 Å². The average molecular weight is 484 g/mol. The smallest absolute Gasteiger partial charge is 0.311 e. The zero-order valence-electron chi connectivity index (χ0n) is 20.2. The maximum absolute atomic E-state index is 12.1. The van der Waals surface area contributed by atoms with Crippen molar-refractivity contribution >= 4 is 22.6 Å². The minimum absolute atomic E-state index is 0.00768. The van der Waals surface area contributed by atoms with Crippen LogP contribution in [0.25, 0.3) is 33.5 Å². The third kappa shape index (κ3) is 4.67. The first kappa shape index (κ1) is 22.6. The Kier molecular flexibility index (Phi) is 6.08. The molecule has 0 amide bonds. The number of nitrogens with zero attached hydrogens (tertiary/aromatic N) is 4. The number of carbonyl (C=O) groups excluding carboxylic acids is 1. The van der Waals surface area contributed by atoms with Gasteiger partial charge in [-0.25, -0.2) is 4.98 Å². The Morgan fingerprint density at radius 2 is 2.06 bits per heavy atom. The van der Waals surface area contributed by atoms with Crippen LogP contribution in [-0.2, 0) is 9.53 Å². The van der Waals surface area contributed by atoms with Gasteiger partial charge < -0.3 is 20.4 Å². The predicted molar refractivity (Wildman–Crippen MR) is 138 cm³/mol. The summed E-state index contributed by atoms with van der Waals surface area (Å²) in [6, 6.07) is 14.3. The van der Waals surface area contributed by atoms with E-state index in [1.165, 1.54) is 0 Å². The molecule has 2 fully saturated rings. The van der Waals surface area contributed by atoms with Crippen LogP contribution in [0.4, 0.5) is 5.69 Å². The van der Waals surface area contributed by atoms with Crippen LogP contribution in [0.3, 0.4) is 0 Å². The van der Waals surface area contributed by atoms with E-state index in [2.05, 4.69) is 47.6 Å². The largest absolute Gasteiger partial charge is 0.459 e. The highest BCUT2D eigenvalue weighted by molar-refractivity contribution is 5.88. The number of H-pyrrole nitrogens is 1. The average Bonchev–Trinajstić information content (AvgIpc) is 3.32. The van der Waals surface area contributed by atoms with Gasteiger partial charge >= 0.3 is 5.97 Å². The van der Waals surface area contributed by atoms with E-state index < -0.39 is 0 Å². The fourth-order valence-corrected chi connectivity index (χ4v) is 4.63. The third-order valence-corrected chi connectivity index (χ3v) is 6.81. The number of carbonyl (C=O) groups is 1. The summed E-state index contributed by atoms with van der Waals surface area (Å²) in [5.41, 5.74) is 6.52. The number of aromatic nitrogens is 4. The molecule has 0 aliphatic carbocycles. The molecule has 36 heavy (non-hydrogen) atoms. The summed E-state index contributed by atoms with van der Waals surface area (Å²) in [6.07, 6.45) is 3.63. The molecule has 5 heterocycles. The number of hydrogen-bond acceptors (Lipinski definition) is 8. The number of imidazole rings is 1. The molecule has 2 aliphatic rings. The first-order valence-electron chi connectivity index (χ1n) is 12.4. The number of aryl methyl sites for hydroxylation is 1. The quantitative estimate of drug-likeness (QED) is 0.329. The van der Waals surface area contributed by atoms with Crippen molar-refractivity contribution in [2.24, 2.45) is 5.92 Å². The molecule has 0 bridgehead atoms. The maximum atomic E-state index is 12.1. The van der Waals surface area contributed by atoms with Gasteiger partial charge in [0.05, 0.1) is 46.7 Å². The monoisotopic (exact) mass is 483 g/mol. The number of benzene rings is 1. The standard InChI is InChI=1S/C27H29N7O2/c1-17-3-2-4-24(33-17)26-25(31-16-32-26)18-5-6-23-19(9-18)10-21(11-30-23)29-7-8-34-14-20(15-34)27(35)36-22-12-28-13-22/h2-6,9-11,16,20,22,28-29H,7-8,12-15H2,1H3,(H,31,32). The van der Waals surface area contributed by atoms with E-state index in [0.717, 1.165) is 84.2 Å². The molecule has 0 radical (unpaired) electrons. The fraction of sp³-hybridized carbons (Fsp3) is 0.333. The van der Waals surface area contributed by atoms with Gasteiger partial charge in [-0.05, 0) is 37.3 Å². The Hall–Kier alpha value is -3.82. The van der Waals surface area contributed by atoms with Crippen LogP contribution in [-0.4, -0.2) is 76.2 Å². The molecule has 0 atom stereocenters. The lowest BCUT2D eigenvalue weighted by atomic mass is 10.0. The van der Waals surface area contributed by atoms with Gasteiger partial charge in [-0.15, -0.1) is 0 Å². The number of fused-ring (bicyclic) bond motifs is 1. The molecule has 2 saturated heterocycles. The molecule has 0 spiro atoms. The third-order valence-electron chi connectivity index (χ3n) is 6.81. The highest BCUT2D eigenvalue weighted by atomic mass is 16.5. The molecule has 6 rings (SSSR count). The molecule has 0 saturated carbocycles. The van der Waals surface area contributed by atoms with E-state index >= 15 is 0 Å². The van der Waals surface area contributed by atoms with E-state index in [0.29, 0.717) is 0 Å². The number of hydrogen-bond donors (Lipinski definition) is 3. The van der Waals surface area contributed by atoms with Crippen molar-refractivity contribution < 1.29 is 9.53 Å². The minimum atomic E-state index is -0.0570. The van der Waals surface area contributed by atoms with Crippen molar-refractivity contribution in [2.45, 2.75) is 13.0 Å². The highest BCUT2D eigenvalue weighted by Gasteiger charge is 2.35. The Morgan fingerprint density at radius 1 is 1.17 bits per heavy atom. The zero-order chi connectivity index (χ0) is 24.5. The lowest BCUT2D eigenvalue weighted by molar-refractivity contribution is -0.162. The summed E-state index contributed by atoms with van der Waals surface area (Å²) in [4.78, 5) is 31.5. The zero-order valence-corrected chi connectivity index (χ0v) is 20.2. The van der Waals surface area contributed by atoms with Crippen molar-refractivity contribution in [2.75, 3.05) is 44.6 Å². The van der Waals surface area contributed by atoms with E-state index in [1.807, 2.05) is 43.5 Å². The second-order valence-electron chi connectivity index (χ2n) is 9.52. The summed E-state index contributed by atoms with van der Waals surface area (Å²) in [5.74, 6) is -0.0493. The number of likely N-dealkylation sites (tertiary alicyclic amines) is 1. The van der Waals surface area contributed by atoms with Crippen molar-refractivity contribution in [1.29, 1.82) is 0 Å². The number of ether oxygens (including phenoxy) is 1. The number of aromatic amines is 1. The SMILES string of the molecule is Cc1cccc(-c2[nH]cnc2-c2ccc3ncc(NCCN4CC(C(=O)OC5CNC5)C4)cc3c2)n1. The van der Waals surface area contributed by atoms with Gasteiger partial charge in [0.1, 0.15) is 6.10 Å². The number of esters is 1. The second-order valence-corrected chi connectivity index (χ2v) is 9.52. The summed E-state index contributed by atoms with van der Waals surface area (Å²) in [7, 11) is 0. The number of nitrogens with one attached hydrogen (secondary N) is 3. The Bertz CT molecular complexity index is 1390. The van der Waals surface area contributed by atoms with E-state index in [1.54, 1.807) is 6.33 Å². The predicted octanol–water partition coefficient (Wildman–Crippen LogP) is 2.85. The molecule has 1 aromatic carbocycles. The second kappa shape index (κ2) is 9.67. The maximum Gasteiger partial charge on any atom is 0.311 e. The minimum Gasteiger partial charge on any atom is -0.459 e. The molecule has 3 N–H and O–H groups in total. The van der Waals surface area contributed by atoms with Crippen LogP contribution in [0.1, 0.15) is 5.69 Å². The molecule has 9 heteroatoms. The molecule has 2 aliphatic heterocycles. The van der Waals surface area contributed by atoms with Crippen molar-refractivity contribution in [3.63, 3.8) is 0 Å². The summed E-state index contributed by atoms with van der Waals surface area (Å²) in [6.45, 7) is 6.72. The first-order chi connectivity index (χ1) is 17.6. The van der Waals surface area contributed by atoms with Crippen LogP contribution in [0.2, 0.25) is 0 Å². The number of rotatable bonds is 8. The van der Waals surface area contributed by atoms with Gasteiger partial charge in [0.2, 0.25) is 0 Å². The van der Waals surface area contributed by atoms with E-state index in [4.69, 9.17) is 4.74 Å². The molecular weight excluding hydrogens is 454 g/mol. The van der Waals surface area contributed by atoms with Gasteiger partial charge in [-0.3, -0.25) is 19.7 Å². The van der Waals surface area contributed by atoms with E-state index in [-0.39, 0.29) is 18.0 Å². The summed E-state index contributed by atoms with van der Waals surface area (Å²) in [5, 5.41) is 7.63. The molecule has 3 aromatic heterocycles. The topological polar surface area (TPSA) is 108 Å². The van der Waals surface area contributed by atoms with Crippen LogP contribution >= 0.6 is 0 Å². The first-order valence-corrected chi connectivity index (χ1v) is 12.4. The van der Waals surface area contributed by atoms with Crippen LogP contribution in [0.15, 0.2) is 55.0 Å². The van der Waals surface area contributed by atoms with Crippen LogP contribution in [0.5, 0.6) is 0 Å². The van der Waals surface area contributed by atoms with Crippen molar-refractivity contribution in [3.05, 3.63) is 60.7 Å². The molecular formula is C27H29N7O2. The van der Waals surface area contributed by atoms with Crippen LogP contribution < -0.4 is 10.6 Å². The van der Waals surface area contributed by atoms with Gasteiger partial charge in [-0.2, -0.15) is 0 Å². The Morgan fingerprint density at radius 3 is 2.86 bits per heavy atom. The molecule has 184 valence electrons.